The van der Waals surface area contributed by atoms with E-state index in [0.29, 0.717) is 24.1 Å². The molecule has 0 saturated carbocycles. The maximum absolute atomic E-state index is 9.54. The van der Waals surface area contributed by atoms with Gasteiger partial charge in [0.1, 0.15) is 10.9 Å². The van der Waals surface area contributed by atoms with E-state index in [2.05, 4.69) is 4.98 Å². The summed E-state index contributed by atoms with van der Waals surface area (Å²) < 4.78 is 5.15. The van der Waals surface area contributed by atoms with Gasteiger partial charge in [-0.25, -0.2) is 4.98 Å². The summed E-state index contributed by atoms with van der Waals surface area (Å²) in [5.74, 6) is 0.215. The molecule has 0 aliphatic carbocycles. The molecule has 0 amide bonds. The van der Waals surface area contributed by atoms with Crippen molar-refractivity contribution in [2.75, 3.05) is 0 Å². The number of hydrogen-bond donors (Lipinski definition) is 1. The summed E-state index contributed by atoms with van der Waals surface area (Å²) in [6.45, 7) is 2.61. The van der Waals surface area contributed by atoms with Gasteiger partial charge in [0.15, 0.2) is 0 Å². The van der Waals surface area contributed by atoms with Gasteiger partial charge in [-0.1, -0.05) is 11.6 Å². The summed E-state index contributed by atoms with van der Waals surface area (Å²) in [6, 6.07) is 0. The third kappa shape index (κ3) is 0.974. The lowest BCUT2D eigenvalue weighted by Crippen LogP contribution is -1.92. The number of pyridine rings is 1. The Balaban J connectivity index is 2.69. The zero-order valence-corrected chi connectivity index (χ0v) is 7.35. The predicted molar refractivity (Wildman–Crippen MR) is 44.1 cm³/mol. The van der Waals surface area contributed by atoms with Crippen LogP contribution >= 0.6 is 11.6 Å². The fourth-order valence-electron chi connectivity index (χ4n) is 1.31. The quantitative estimate of drug-likeness (QED) is 0.627. The Hall–Kier alpha value is -0.800. The minimum absolute atomic E-state index is 0.215. The van der Waals surface area contributed by atoms with Crippen LogP contribution in [0.4, 0.5) is 0 Å². The SMILES string of the molecule is Cc1nc(Cl)c2c(c1O)COC2. The molecule has 2 rings (SSSR count). The van der Waals surface area contributed by atoms with Gasteiger partial charge < -0.3 is 9.84 Å². The molecule has 0 unspecified atom stereocenters. The number of hydrogen-bond acceptors (Lipinski definition) is 3. The molecule has 1 aliphatic rings. The number of aromatic hydroxyl groups is 1. The first kappa shape index (κ1) is 7.83. The van der Waals surface area contributed by atoms with Gasteiger partial charge in [0.05, 0.1) is 18.9 Å². The molecule has 3 nitrogen and oxygen atoms in total. The van der Waals surface area contributed by atoms with Crippen molar-refractivity contribution in [2.45, 2.75) is 20.1 Å². The molecule has 0 fully saturated rings. The van der Waals surface area contributed by atoms with Crippen molar-refractivity contribution >= 4 is 11.6 Å². The van der Waals surface area contributed by atoms with Crippen LogP contribution in [0.15, 0.2) is 0 Å². The Bertz CT molecular complexity index is 338. The third-order valence-electron chi connectivity index (χ3n) is 2.00. The van der Waals surface area contributed by atoms with E-state index in [1.807, 2.05) is 0 Å². The summed E-state index contributed by atoms with van der Waals surface area (Å²) in [6.07, 6.45) is 0. The van der Waals surface area contributed by atoms with Gasteiger partial charge in [-0.05, 0) is 6.92 Å². The number of aromatic nitrogens is 1. The summed E-state index contributed by atoms with van der Waals surface area (Å²) in [5, 5.41) is 9.98. The van der Waals surface area contributed by atoms with Crippen LogP contribution < -0.4 is 0 Å². The van der Waals surface area contributed by atoms with Crippen molar-refractivity contribution in [1.29, 1.82) is 0 Å². The fourth-order valence-corrected chi connectivity index (χ4v) is 1.61. The average Bonchev–Trinajstić information content (AvgIpc) is 2.48. The zero-order valence-electron chi connectivity index (χ0n) is 6.59. The van der Waals surface area contributed by atoms with Crippen molar-refractivity contribution < 1.29 is 9.84 Å². The van der Waals surface area contributed by atoms with Crippen LogP contribution in [0.2, 0.25) is 5.15 Å². The summed E-state index contributed by atoms with van der Waals surface area (Å²) in [4.78, 5) is 3.98. The number of halogens is 1. The molecule has 0 bridgehead atoms. The normalized spacial score (nSPS) is 14.8. The molecule has 2 heterocycles. The number of fused-ring (bicyclic) bond motifs is 1. The third-order valence-corrected chi connectivity index (χ3v) is 2.31. The molecule has 1 aromatic rings. The molecule has 1 aliphatic heterocycles. The largest absolute Gasteiger partial charge is 0.506 e. The highest BCUT2D eigenvalue weighted by Gasteiger charge is 2.21. The van der Waals surface area contributed by atoms with E-state index in [4.69, 9.17) is 16.3 Å². The smallest absolute Gasteiger partial charge is 0.142 e. The van der Waals surface area contributed by atoms with Gasteiger partial charge in [-0.3, -0.25) is 0 Å². The van der Waals surface area contributed by atoms with Crippen LogP contribution in [-0.4, -0.2) is 10.1 Å². The average molecular weight is 186 g/mol. The Labute approximate surface area is 75.0 Å². The Morgan fingerprint density at radius 3 is 2.83 bits per heavy atom. The van der Waals surface area contributed by atoms with Gasteiger partial charge in [-0.15, -0.1) is 0 Å². The van der Waals surface area contributed by atoms with Crippen molar-refractivity contribution in [3.8, 4) is 5.75 Å². The van der Waals surface area contributed by atoms with Crippen molar-refractivity contribution in [1.82, 2.24) is 4.98 Å². The number of nitrogens with zero attached hydrogens (tertiary/aromatic N) is 1. The molecule has 0 saturated heterocycles. The van der Waals surface area contributed by atoms with Gasteiger partial charge in [0, 0.05) is 11.1 Å². The highest BCUT2D eigenvalue weighted by Crippen LogP contribution is 2.33. The van der Waals surface area contributed by atoms with Crippen molar-refractivity contribution in [2.24, 2.45) is 0 Å². The molecule has 4 heteroatoms. The Kier molecular flexibility index (Phi) is 1.70. The lowest BCUT2D eigenvalue weighted by molar-refractivity contribution is 0.133. The molecule has 1 aromatic heterocycles. The number of aryl methyl sites for hydroxylation is 1. The first-order valence-corrected chi connectivity index (χ1v) is 4.02. The molecule has 0 atom stereocenters. The molecular formula is C8H8ClNO2. The summed E-state index contributed by atoms with van der Waals surface area (Å²) in [5.41, 5.74) is 2.16. The highest BCUT2D eigenvalue weighted by atomic mass is 35.5. The highest BCUT2D eigenvalue weighted by molar-refractivity contribution is 6.30. The van der Waals surface area contributed by atoms with Gasteiger partial charge >= 0.3 is 0 Å². The van der Waals surface area contributed by atoms with Crippen LogP contribution in [0, 0.1) is 6.92 Å². The van der Waals surface area contributed by atoms with E-state index in [0.717, 1.165) is 11.1 Å². The van der Waals surface area contributed by atoms with Gasteiger partial charge in [0.2, 0.25) is 0 Å². The Morgan fingerprint density at radius 1 is 1.42 bits per heavy atom. The standard InChI is InChI=1S/C8H8ClNO2/c1-4-7(11)5-2-12-3-6(5)8(9)10-4/h11H,2-3H2,1H3. The minimum Gasteiger partial charge on any atom is -0.506 e. The maximum atomic E-state index is 9.54. The zero-order chi connectivity index (χ0) is 8.72. The van der Waals surface area contributed by atoms with E-state index in [1.54, 1.807) is 6.92 Å². The second kappa shape index (κ2) is 2.61. The van der Waals surface area contributed by atoms with E-state index < -0.39 is 0 Å². The van der Waals surface area contributed by atoms with Crippen LogP contribution in [0.1, 0.15) is 16.8 Å². The molecule has 64 valence electrons. The maximum Gasteiger partial charge on any atom is 0.142 e. The van der Waals surface area contributed by atoms with E-state index in [-0.39, 0.29) is 5.75 Å². The number of ether oxygens (including phenoxy) is 1. The van der Waals surface area contributed by atoms with E-state index in [9.17, 15) is 5.11 Å². The second-order valence-corrected chi connectivity index (χ2v) is 3.14. The minimum atomic E-state index is 0.215. The van der Waals surface area contributed by atoms with Crippen LogP contribution in [0.3, 0.4) is 0 Å². The van der Waals surface area contributed by atoms with Crippen LogP contribution in [0.5, 0.6) is 5.75 Å². The molecule has 12 heavy (non-hydrogen) atoms. The Morgan fingerprint density at radius 2 is 2.08 bits per heavy atom. The van der Waals surface area contributed by atoms with Gasteiger partial charge in [-0.2, -0.15) is 0 Å². The molecular weight excluding hydrogens is 178 g/mol. The topological polar surface area (TPSA) is 42.4 Å². The monoisotopic (exact) mass is 185 g/mol. The summed E-state index contributed by atoms with van der Waals surface area (Å²) in [7, 11) is 0. The second-order valence-electron chi connectivity index (χ2n) is 2.79. The molecule has 0 spiro atoms. The first-order valence-electron chi connectivity index (χ1n) is 3.64. The number of rotatable bonds is 0. The van der Waals surface area contributed by atoms with Crippen LogP contribution in [-0.2, 0) is 18.0 Å². The fraction of sp³-hybridized carbons (Fsp3) is 0.375. The van der Waals surface area contributed by atoms with Crippen LogP contribution in [0.25, 0.3) is 0 Å². The lowest BCUT2D eigenvalue weighted by atomic mass is 10.1. The lowest BCUT2D eigenvalue weighted by Gasteiger charge is -2.04. The molecule has 1 N–H and O–H groups in total. The summed E-state index contributed by atoms with van der Waals surface area (Å²) >= 11 is 5.84. The molecule has 0 aromatic carbocycles. The van der Waals surface area contributed by atoms with Crippen molar-refractivity contribution in [3.63, 3.8) is 0 Å². The van der Waals surface area contributed by atoms with E-state index >= 15 is 0 Å². The molecule has 0 radical (unpaired) electrons. The van der Waals surface area contributed by atoms with Gasteiger partial charge in [0.25, 0.3) is 0 Å². The van der Waals surface area contributed by atoms with E-state index in [1.165, 1.54) is 0 Å². The predicted octanol–water partition coefficient (Wildman–Crippen LogP) is 1.78. The van der Waals surface area contributed by atoms with Crippen molar-refractivity contribution in [3.05, 3.63) is 22.0 Å². The first-order chi connectivity index (χ1) is 5.70.